The third kappa shape index (κ3) is 4.79. The second-order valence-corrected chi connectivity index (χ2v) is 9.55. The Bertz CT molecular complexity index is 955. The lowest BCUT2D eigenvalue weighted by molar-refractivity contribution is -0.120. The van der Waals surface area contributed by atoms with E-state index >= 15 is 0 Å². The molecule has 7 heteroatoms. The van der Waals surface area contributed by atoms with E-state index in [1.54, 1.807) is 12.1 Å². The first-order valence-electron chi connectivity index (χ1n) is 9.87. The van der Waals surface area contributed by atoms with Gasteiger partial charge >= 0.3 is 0 Å². The zero-order valence-electron chi connectivity index (χ0n) is 17.1. The molecule has 0 aliphatic carbocycles. The predicted molar refractivity (Wildman–Crippen MR) is 114 cm³/mol. The third-order valence-electron chi connectivity index (χ3n) is 5.29. The number of methoxy groups -OCH3 is 1. The van der Waals surface area contributed by atoms with Gasteiger partial charge in [-0.05, 0) is 54.7 Å². The molecule has 3 rings (SSSR count). The molecular weight excluding hydrogens is 388 g/mol. The summed E-state index contributed by atoms with van der Waals surface area (Å²) in [4.78, 5) is 13.1. The van der Waals surface area contributed by atoms with E-state index < -0.39 is 10.0 Å². The number of amides is 1. The molecule has 0 saturated carbocycles. The monoisotopic (exact) mass is 416 g/mol. The van der Waals surface area contributed by atoms with Crippen LogP contribution in [0.15, 0.2) is 53.4 Å². The zero-order chi connectivity index (χ0) is 21.0. The number of anilines is 1. The standard InChI is InChI=1S/C22H28N2O4S/c1-16(2)20-8-4-5-9-21(20)23-22(25)17-7-6-14-24(15-17)29(26,27)19-12-10-18(28-3)11-13-19/h4-5,8-13,16-17H,6-7,14-15H2,1-3H3,(H,23,25)/t17-/m1/s1. The fraction of sp³-hybridized carbons (Fsp3) is 0.409. The quantitative estimate of drug-likeness (QED) is 0.776. The van der Waals surface area contributed by atoms with Gasteiger partial charge in [-0.15, -0.1) is 0 Å². The third-order valence-corrected chi connectivity index (χ3v) is 7.17. The Labute approximate surface area is 172 Å². The number of rotatable bonds is 6. The van der Waals surface area contributed by atoms with Gasteiger partial charge < -0.3 is 10.1 Å². The van der Waals surface area contributed by atoms with Gasteiger partial charge in [0.2, 0.25) is 15.9 Å². The van der Waals surface area contributed by atoms with Crippen LogP contribution in [0.2, 0.25) is 0 Å². The number of benzene rings is 2. The molecule has 156 valence electrons. The van der Waals surface area contributed by atoms with E-state index in [2.05, 4.69) is 19.2 Å². The summed E-state index contributed by atoms with van der Waals surface area (Å²) in [6, 6.07) is 14.1. The maximum Gasteiger partial charge on any atom is 0.243 e. The fourth-order valence-corrected chi connectivity index (χ4v) is 5.14. The summed E-state index contributed by atoms with van der Waals surface area (Å²) in [5.41, 5.74) is 1.86. The summed E-state index contributed by atoms with van der Waals surface area (Å²) in [5, 5.41) is 3.01. The van der Waals surface area contributed by atoms with Crippen molar-refractivity contribution in [3.05, 3.63) is 54.1 Å². The van der Waals surface area contributed by atoms with Gasteiger partial charge in [-0.25, -0.2) is 8.42 Å². The summed E-state index contributed by atoms with van der Waals surface area (Å²) in [6.45, 7) is 4.76. The highest BCUT2D eigenvalue weighted by atomic mass is 32.2. The Hall–Kier alpha value is -2.38. The van der Waals surface area contributed by atoms with E-state index in [1.165, 1.54) is 23.5 Å². The molecule has 0 unspecified atom stereocenters. The smallest absolute Gasteiger partial charge is 0.243 e. The van der Waals surface area contributed by atoms with E-state index in [4.69, 9.17) is 4.74 Å². The average molecular weight is 417 g/mol. The van der Waals surface area contributed by atoms with Crippen LogP contribution in [0.1, 0.15) is 38.2 Å². The Morgan fingerprint density at radius 2 is 1.83 bits per heavy atom. The van der Waals surface area contributed by atoms with E-state index in [0.717, 1.165) is 11.3 Å². The van der Waals surface area contributed by atoms with Gasteiger partial charge in [0.05, 0.1) is 17.9 Å². The molecule has 1 aliphatic rings. The van der Waals surface area contributed by atoms with Crippen LogP contribution in [-0.4, -0.2) is 38.8 Å². The van der Waals surface area contributed by atoms with Crippen LogP contribution in [-0.2, 0) is 14.8 Å². The number of carbonyl (C=O) groups is 1. The minimum absolute atomic E-state index is 0.132. The first-order valence-corrected chi connectivity index (χ1v) is 11.3. The number of nitrogens with one attached hydrogen (secondary N) is 1. The average Bonchev–Trinajstić information content (AvgIpc) is 2.74. The molecule has 0 spiro atoms. The fourth-order valence-electron chi connectivity index (χ4n) is 3.62. The molecule has 1 N–H and O–H groups in total. The maximum absolute atomic E-state index is 13.0. The van der Waals surface area contributed by atoms with Crippen molar-refractivity contribution in [1.29, 1.82) is 0 Å². The van der Waals surface area contributed by atoms with Crippen LogP contribution < -0.4 is 10.1 Å². The zero-order valence-corrected chi connectivity index (χ0v) is 17.9. The summed E-state index contributed by atoms with van der Waals surface area (Å²) >= 11 is 0. The van der Waals surface area contributed by atoms with Crippen LogP contribution in [0.3, 0.4) is 0 Å². The second-order valence-electron chi connectivity index (χ2n) is 7.61. The topological polar surface area (TPSA) is 75.7 Å². The molecule has 1 saturated heterocycles. The highest BCUT2D eigenvalue weighted by molar-refractivity contribution is 7.89. The number of hydrogen-bond acceptors (Lipinski definition) is 4. The number of ether oxygens (including phenoxy) is 1. The molecule has 6 nitrogen and oxygen atoms in total. The van der Waals surface area contributed by atoms with Crippen LogP contribution >= 0.6 is 0 Å². The normalized spacial score (nSPS) is 17.9. The SMILES string of the molecule is COc1ccc(S(=O)(=O)N2CCC[C@@H](C(=O)Nc3ccccc3C(C)C)C2)cc1. The predicted octanol–water partition coefficient (Wildman–Crippen LogP) is 3.86. The maximum atomic E-state index is 13.0. The van der Waals surface area contributed by atoms with Gasteiger partial charge in [0.1, 0.15) is 5.75 Å². The van der Waals surface area contributed by atoms with E-state index in [9.17, 15) is 13.2 Å². The Kier molecular flexibility index (Phi) is 6.59. The molecule has 2 aromatic rings. The highest BCUT2D eigenvalue weighted by Crippen LogP contribution is 2.28. The molecule has 0 radical (unpaired) electrons. The Morgan fingerprint density at radius 1 is 1.14 bits per heavy atom. The second kappa shape index (κ2) is 8.97. The van der Waals surface area contributed by atoms with Crippen LogP contribution in [0, 0.1) is 5.92 Å². The van der Waals surface area contributed by atoms with Crippen molar-refractivity contribution in [3.8, 4) is 5.75 Å². The summed E-state index contributed by atoms with van der Waals surface area (Å²) in [5.74, 6) is 0.373. The van der Waals surface area contributed by atoms with Gasteiger partial charge in [-0.1, -0.05) is 32.0 Å². The van der Waals surface area contributed by atoms with E-state index in [1.807, 2.05) is 24.3 Å². The molecular formula is C22H28N2O4S. The largest absolute Gasteiger partial charge is 0.497 e. The van der Waals surface area contributed by atoms with Crippen molar-refractivity contribution in [2.75, 3.05) is 25.5 Å². The number of hydrogen-bond donors (Lipinski definition) is 1. The number of para-hydroxylation sites is 1. The van der Waals surface area contributed by atoms with Crippen molar-refractivity contribution in [2.24, 2.45) is 5.92 Å². The highest BCUT2D eigenvalue weighted by Gasteiger charge is 2.33. The van der Waals surface area contributed by atoms with Crippen molar-refractivity contribution >= 4 is 21.6 Å². The van der Waals surface area contributed by atoms with Gasteiger partial charge in [0.25, 0.3) is 0 Å². The molecule has 1 heterocycles. The number of carbonyl (C=O) groups excluding carboxylic acids is 1. The molecule has 1 aliphatic heterocycles. The first-order chi connectivity index (χ1) is 13.8. The van der Waals surface area contributed by atoms with Crippen molar-refractivity contribution in [2.45, 2.75) is 37.5 Å². The minimum Gasteiger partial charge on any atom is -0.497 e. The lowest BCUT2D eigenvalue weighted by atomic mass is 9.97. The minimum atomic E-state index is -3.65. The molecule has 1 fully saturated rings. The molecule has 1 amide bonds. The van der Waals surface area contributed by atoms with Crippen LogP contribution in [0.5, 0.6) is 5.75 Å². The van der Waals surface area contributed by atoms with Crippen molar-refractivity contribution in [1.82, 2.24) is 4.31 Å². The molecule has 29 heavy (non-hydrogen) atoms. The van der Waals surface area contributed by atoms with Gasteiger partial charge in [0, 0.05) is 18.8 Å². The van der Waals surface area contributed by atoms with Crippen molar-refractivity contribution in [3.63, 3.8) is 0 Å². The summed E-state index contributed by atoms with van der Waals surface area (Å²) in [7, 11) is -2.11. The number of piperidine rings is 1. The van der Waals surface area contributed by atoms with Crippen molar-refractivity contribution < 1.29 is 17.9 Å². The molecule has 2 aromatic carbocycles. The van der Waals surface area contributed by atoms with Gasteiger partial charge in [-0.2, -0.15) is 4.31 Å². The molecule has 0 aromatic heterocycles. The molecule has 0 bridgehead atoms. The first kappa shape index (κ1) is 21.3. The molecule has 1 atom stereocenters. The van der Waals surface area contributed by atoms with Crippen LogP contribution in [0.4, 0.5) is 5.69 Å². The number of sulfonamides is 1. The summed E-state index contributed by atoms with van der Waals surface area (Å²) in [6.07, 6.45) is 1.32. The van der Waals surface area contributed by atoms with Gasteiger partial charge in [0.15, 0.2) is 0 Å². The van der Waals surface area contributed by atoms with E-state index in [-0.39, 0.29) is 29.2 Å². The summed E-state index contributed by atoms with van der Waals surface area (Å²) < 4.78 is 32.5. The van der Waals surface area contributed by atoms with E-state index in [0.29, 0.717) is 25.1 Å². The Morgan fingerprint density at radius 3 is 2.48 bits per heavy atom. The Balaban J connectivity index is 1.74. The number of nitrogens with zero attached hydrogens (tertiary/aromatic N) is 1. The van der Waals surface area contributed by atoms with Crippen LogP contribution in [0.25, 0.3) is 0 Å². The lowest BCUT2D eigenvalue weighted by Crippen LogP contribution is -2.43. The lowest BCUT2D eigenvalue weighted by Gasteiger charge is -2.31. The van der Waals surface area contributed by atoms with Gasteiger partial charge in [-0.3, -0.25) is 4.79 Å².